The molecule has 0 spiro atoms. The monoisotopic (exact) mass is 266 g/mol. The summed E-state index contributed by atoms with van der Waals surface area (Å²) in [5, 5.41) is -0.687. The molecular weight excluding hydrogens is 248 g/mol. The molecule has 1 fully saturated rings. The van der Waals surface area contributed by atoms with Gasteiger partial charge in [-0.25, -0.2) is 8.42 Å². The lowest BCUT2D eigenvalue weighted by Crippen LogP contribution is -2.52. The van der Waals surface area contributed by atoms with Crippen molar-refractivity contribution in [3.63, 3.8) is 0 Å². The normalized spacial score (nSPS) is 24.2. The molecular formula is C9H18N2O3S2. The molecule has 2 atom stereocenters. The maximum absolute atomic E-state index is 12.0. The predicted molar refractivity (Wildman–Crippen MR) is 65.9 cm³/mol. The Bertz CT molecular complexity index is 356. The SMILES string of the molecule is CC(CN)C(=O)N1CCSCC1S(C)(=O)=O. The molecule has 1 amide bonds. The van der Waals surface area contributed by atoms with Gasteiger partial charge in [-0.15, -0.1) is 0 Å². The maximum Gasteiger partial charge on any atom is 0.227 e. The number of sulfone groups is 1. The molecule has 0 bridgehead atoms. The second-order valence-electron chi connectivity index (χ2n) is 4.03. The Morgan fingerprint density at radius 3 is 2.75 bits per heavy atom. The van der Waals surface area contributed by atoms with E-state index in [1.54, 1.807) is 18.7 Å². The van der Waals surface area contributed by atoms with Gasteiger partial charge in [0, 0.05) is 36.8 Å². The summed E-state index contributed by atoms with van der Waals surface area (Å²) in [4.78, 5) is 13.4. The van der Waals surface area contributed by atoms with E-state index in [9.17, 15) is 13.2 Å². The Morgan fingerprint density at radius 1 is 1.62 bits per heavy atom. The van der Waals surface area contributed by atoms with Crippen LogP contribution in [0.3, 0.4) is 0 Å². The van der Waals surface area contributed by atoms with Crippen molar-refractivity contribution in [1.82, 2.24) is 4.90 Å². The van der Waals surface area contributed by atoms with E-state index in [1.165, 1.54) is 11.2 Å². The fourth-order valence-electron chi connectivity index (χ4n) is 1.57. The largest absolute Gasteiger partial charge is 0.330 e. The van der Waals surface area contributed by atoms with Crippen molar-refractivity contribution in [2.75, 3.05) is 30.9 Å². The smallest absolute Gasteiger partial charge is 0.227 e. The van der Waals surface area contributed by atoms with Gasteiger partial charge in [-0.05, 0) is 0 Å². The molecule has 1 aliphatic heterocycles. The number of nitrogens with two attached hydrogens (primary N) is 1. The Kier molecular flexibility index (Phi) is 4.63. The van der Waals surface area contributed by atoms with Crippen LogP contribution in [0.1, 0.15) is 6.92 Å². The third kappa shape index (κ3) is 3.11. The molecule has 0 aromatic heterocycles. The highest BCUT2D eigenvalue weighted by Crippen LogP contribution is 2.21. The number of carbonyl (C=O) groups excluding carboxylic acids is 1. The standard InChI is InChI=1S/C9H18N2O3S2/c1-7(5-10)9(12)11-3-4-15-6-8(11)16(2,13)14/h7-8H,3-6,10H2,1-2H3. The molecule has 94 valence electrons. The number of thioether (sulfide) groups is 1. The highest BCUT2D eigenvalue weighted by Gasteiger charge is 2.35. The Morgan fingerprint density at radius 2 is 2.25 bits per heavy atom. The molecule has 5 nitrogen and oxygen atoms in total. The number of amides is 1. The van der Waals surface area contributed by atoms with Crippen molar-refractivity contribution < 1.29 is 13.2 Å². The van der Waals surface area contributed by atoms with Gasteiger partial charge in [-0.3, -0.25) is 4.79 Å². The van der Waals surface area contributed by atoms with E-state index in [-0.39, 0.29) is 18.4 Å². The quantitative estimate of drug-likeness (QED) is 0.747. The van der Waals surface area contributed by atoms with E-state index in [1.807, 2.05) is 0 Å². The lowest BCUT2D eigenvalue weighted by Gasteiger charge is -2.35. The highest BCUT2D eigenvalue weighted by molar-refractivity contribution is 8.00. The van der Waals surface area contributed by atoms with E-state index in [0.717, 1.165) is 5.75 Å². The molecule has 0 radical (unpaired) electrons. The predicted octanol–water partition coefficient (Wildman–Crippen LogP) is -0.473. The fraction of sp³-hybridized carbons (Fsp3) is 0.889. The molecule has 1 rings (SSSR count). The van der Waals surface area contributed by atoms with E-state index in [2.05, 4.69) is 0 Å². The molecule has 2 N–H and O–H groups in total. The van der Waals surface area contributed by atoms with E-state index in [0.29, 0.717) is 12.3 Å². The van der Waals surface area contributed by atoms with Crippen molar-refractivity contribution in [1.29, 1.82) is 0 Å². The number of nitrogens with zero attached hydrogens (tertiary/aromatic N) is 1. The molecule has 0 aromatic carbocycles. The molecule has 16 heavy (non-hydrogen) atoms. The minimum Gasteiger partial charge on any atom is -0.330 e. The Hall–Kier alpha value is -0.270. The number of carbonyl (C=O) groups is 1. The van der Waals surface area contributed by atoms with Crippen LogP contribution >= 0.6 is 11.8 Å². The van der Waals surface area contributed by atoms with Crippen LogP contribution in [-0.4, -0.2) is 55.4 Å². The van der Waals surface area contributed by atoms with Gasteiger partial charge >= 0.3 is 0 Å². The van der Waals surface area contributed by atoms with Gasteiger partial charge in [0.25, 0.3) is 0 Å². The summed E-state index contributed by atoms with van der Waals surface area (Å²) in [6.45, 7) is 2.47. The fourth-order valence-corrected chi connectivity index (χ4v) is 4.39. The lowest BCUT2D eigenvalue weighted by molar-refractivity contribution is -0.135. The second-order valence-corrected chi connectivity index (χ2v) is 7.38. The van der Waals surface area contributed by atoms with Crippen LogP contribution in [0.4, 0.5) is 0 Å². The summed E-state index contributed by atoms with van der Waals surface area (Å²) in [6, 6.07) is 0. The van der Waals surface area contributed by atoms with Gasteiger partial charge < -0.3 is 10.6 Å². The molecule has 1 saturated heterocycles. The van der Waals surface area contributed by atoms with Crippen molar-refractivity contribution in [3.05, 3.63) is 0 Å². The minimum absolute atomic E-state index is 0.154. The first-order valence-electron chi connectivity index (χ1n) is 5.15. The first-order valence-corrected chi connectivity index (χ1v) is 8.26. The summed E-state index contributed by atoms with van der Waals surface area (Å²) in [5.41, 5.74) is 5.43. The van der Waals surface area contributed by atoms with Crippen LogP contribution < -0.4 is 5.73 Å². The van der Waals surface area contributed by atoms with Crippen molar-refractivity contribution >= 4 is 27.5 Å². The summed E-state index contributed by atoms with van der Waals surface area (Å²) in [7, 11) is -3.22. The zero-order valence-corrected chi connectivity index (χ0v) is 11.2. The van der Waals surface area contributed by atoms with Gasteiger partial charge in [0.15, 0.2) is 9.84 Å². The lowest BCUT2D eigenvalue weighted by atomic mass is 10.1. The van der Waals surface area contributed by atoms with Crippen LogP contribution in [0.2, 0.25) is 0 Å². The van der Waals surface area contributed by atoms with Gasteiger partial charge in [0.05, 0.1) is 0 Å². The molecule has 2 unspecified atom stereocenters. The molecule has 1 aliphatic rings. The summed E-state index contributed by atoms with van der Waals surface area (Å²) in [5.74, 6) is 0.780. The first-order chi connectivity index (χ1) is 7.38. The van der Waals surface area contributed by atoms with Gasteiger partial charge in [0.1, 0.15) is 5.37 Å². The van der Waals surface area contributed by atoms with E-state index < -0.39 is 15.2 Å². The highest BCUT2D eigenvalue weighted by atomic mass is 32.2. The topological polar surface area (TPSA) is 80.5 Å². The summed E-state index contributed by atoms with van der Waals surface area (Å²) in [6.07, 6.45) is 1.18. The molecule has 7 heteroatoms. The van der Waals surface area contributed by atoms with Crippen LogP contribution in [0.15, 0.2) is 0 Å². The van der Waals surface area contributed by atoms with Crippen molar-refractivity contribution in [3.8, 4) is 0 Å². The van der Waals surface area contributed by atoms with Crippen molar-refractivity contribution in [2.24, 2.45) is 11.7 Å². The molecule has 0 saturated carbocycles. The molecule has 0 aliphatic carbocycles. The average Bonchev–Trinajstić information content (AvgIpc) is 2.26. The summed E-state index contributed by atoms with van der Waals surface area (Å²) < 4.78 is 23.1. The second kappa shape index (κ2) is 5.37. The van der Waals surface area contributed by atoms with Crippen LogP contribution in [0, 0.1) is 5.92 Å². The van der Waals surface area contributed by atoms with E-state index in [4.69, 9.17) is 5.73 Å². The number of hydrogen-bond donors (Lipinski definition) is 1. The maximum atomic E-state index is 12.0. The summed E-state index contributed by atoms with van der Waals surface area (Å²) >= 11 is 1.57. The third-order valence-electron chi connectivity index (χ3n) is 2.64. The first kappa shape index (κ1) is 13.8. The average molecular weight is 266 g/mol. The Labute approximate surface area is 101 Å². The number of hydrogen-bond acceptors (Lipinski definition) is 5. The molecule has 0 aromatic rings. The van der Waals surface area contributed by atoms with Gasteiger partial charge in [0.2, 0.25) is 5.91 Å². The molecule has 1 heterocycles. The third-order valence-corrected chi connectivity index (χ3v) is 5.28. The zero-order chi connectivity index (χ0) is 12.3. The zero-order valence-electron chi connectivity index (χ0n) is 9.55. The number of rotatable bonds is 3. The van der Waals surface area contributed by atoms with Crippen molar-refractivity contribution in [2.45, 2.75) is 12.3 Å². The minimum atomic E-state index is -3.22. The van der Waals surface area contributed by atoms with Crippen LogP contribution in [0.5, 0.6) is 0 Å². The van der Waals surface area contributed by atoms with Crippen LogP contribution in [0.25, 0.3) is 0 Å². The van der Waals surface area contributed by atoms with Crippen LogP contribution in [-0.2, 0) is 14.6 Å². The van der Waals surface area contributed by atoms with E-state index >= 15 is 0 Å². The Balaban J connectivity index is 2.87. The van der Waals surface area contributed by atoms with Gasteiger partial charge in [-0.1, -0.05) is 6.92 Å². The van der Waals surface area contributed by atoms with Gasteiger partial charge in [-0.2, -0.15) is 11.8 Å².